The van der Waals surface area contributed by atoms with Crippen LogP contribution in [-0.4, -0.2) is 0 Å². The molecule has 0 atom stereocenters. The maximum Gasteiger partial charge on any atom is 0.0468 e. The number of hydrogen-bond acceptors (Lipinski definition) is 2. The quantitative estimate of drug-likeness (QED) is 0.126. The summed E-state index contributed by atoms with van der Waals surface area (Å²) >= 11 is 0. The lowest BCUT2D eigenvalue weighted by Gasteiger charge is -2.26. The Hall–Kier alpha value is -10.0. The van der Waals surface area contributed by atoms with Crippen LogP contribution in [0.4, 0.5) is 34.1 Å². The second-order valence-corrected chi connectivity index (χ2v) is 23.4. The molecular weight excluding hydrogens is 989 g/mol. The fourth-order valence-electron chi connectivity index (χ4n) is 13.2. The van der Waals surface area contributed by atoms with Crippen LogP contribution in [0.3, 0.4) is 0 Å². The first-order chi connectivity index (χ1) is 40.1. The van der Waals surface area contributed by atoms with E-state index in [1.165, 1.54) is 98.7 Å². The van der Waals surface area contributed by atoms with Gasteiger partial charge in [0, 0.05) is 45.0 Å². The summed E-state index contributed by atoms with van der Waals surface area (Å²) in [6, 6.07) is 98.5. The van der Waals surface area contributed by atoms with E-state index in [-0.39, 0.29) is 10.8 Å². The SMILES string of the molecule is CC1(C)c2cc(/C=C/c3ccc(N(c4ccc5ccccc5c4)c4ccc5ccccc5c4)cc3)ccc2-c2cc3c(cc21)-c1ccc(/C=C/c2ccc(N(c4ccc5ccccc5c4)c4ccc5ccccc5c4)cc2)cc1C3(C)C. The molecule has 2 aliphatic carbocycles. The molecule has 0 saturated heterocycles. The number of rotatable bonds is 10. The minimum absolute atomic E-state index is 0.159. The predicted octanol–water partition coefficient (Wildman–Crippen LogP) is 22.2. The van der Waals surface area contributed by atoms with Gasteiger partial charge in [-0.2, -0.15) is 0 Å². The number of nitrogens with zero attached hydrogens (tertiary/aromatic N) is 2. The number of benzene rings is 13. The average Bonchev–Trinajstić information content (AvgIpc) is 2.85. The van der Waals surface area contributed by atoms with E-state index in [0.29, 0.717) is 0 Å². The Morgan fingerprint density at radius 3 is 0.793 bits per heavy atom. The van der Waals surface area contributed by atoms with Crippen molar-refractivity contribution in [2.75, 3.05) is 9.80 Å². The van der Waals surface area contributed by atoms with Gasteiger partial charge in [0.05, 0.1) is 0 Å². The topological polar surface area (TPSA) is 6.48 Å². The highest BCUT2D eigenvalue weighted by Gasteiger charge is 2.41. The molecule has 0 radical (unpaired) electrons. The molecule has 0 amide bonds. The van der Waals surface area contributed by atoms with Crippen molar-refractivity contribution in [3.8, 4) is 22.3 Å². The fourth-order valence-corrected chi connectivity index (χ4v) is 13.2. The third-order valence-electron chi connectivity index (χ3n) is 17.7. The molecule has 0 aromatic heterocycles. The third-order valence-corrected chi connectivity index (χ3v) is 17.7. The van der Waals surface area contributed by atoms with Crippen molar-refractivity contribution in [1.82, 2.24) is 0 Å². The molecule has 13 aromatic rings. The van der Waals surface area contributed by atoms with Gasteiger partial charge in [0.2, 0.25) is 0 Å². The maximum atomic E-state index is 2.52. The van der Waals surface area contributed by atoms with Crippen LogP contribution < -0.4 is 9.80 Å². The van der Waals surface area contributed by atoms with Crippen LogP contribution in [0.5, 0.6) is 0 Å². The van der Waals surface area contributed by atoms with E-state index in [1.807, 2.05) is 0 Å². The normalized spacial score (nSPS) is 13.7. The van der Waals surface area contributed by atoms with Crippen LogP contribution in [0.2, 0.25) is 0 Å². The molecule has 0 spiro atoms. The molecule has 0 saturated carbocycles. The molecule has 0 unspecified atom stereocenters. The maximum absolute atomic E-state index is 2.52. The molecule has 2 heteroatoms. The Bertz CT molecular complexity index is 4280. The molecule has 13 aromatic carbocycles. The summed E-state index contributed by atoms with van der Waals surface area (Å²) in [6.45, 7) is 9.61. The van der Waals surface area contributed by atoms with Crippen LogP contribution in [0.1, 0.15) is 72.2 Å². The van der Waals surface area contributed by atoms with Gasteiger partial charge in [0.1, 0.15) is 0 Å². The molecule has 0 fully saturated rings. The summed E-state index contributed by atoms with van der Waals surface area (Å²) in [5.41, 5.74) is 22.1. The largest absolute Gasteiger partial charge is 0.310 e. The van der Waals surface area contributed by atoms with Gasteiger partial charge >= 0.3 is 0 Å². The van der Waals surface area contributed by atoms with Gasteiger partial charge in [-0.15, -0.1) is 0 Å². The summed E-state index contributed by atoms with van der Waals surface area (Å²) in [4.78, 5) is 4.74. The zero-order valence-corrected chi connectivity index (χ0v) is 46.6. The standard InChI is InChI=1S/C80H60N2/c1-79(2)75-45-55(23-21-53-25-35-65(36-26-53)81(67-39-31-57-13-5-9-17-61(57)47-67)68-40-32-58-14-6-10-18-62(58)48-68)29-43-71(75)73-52-78-74(51-77(73)79)72-44-30-56(46-76(72)80(78,3)4)24-22-54-27-37-66(38-28-54)82(69-41-33-59-15-7-11-19-63(59)49-69)70-42-34-60-16-8-12-20-64(60)50-70/h5-52H,1-4H3/b23-21+,24-22+. The highest BCUT2D eigenvalue weighted by atomic mass is 15.1. The number of anilines is 6. The summed E-state index contributed by atoms with van der Waals surface area (Å²) in [7, 11) is 0. The molecule has 2 aliphatic rings. The van der Waals surface area contributed by atoms with Crippen molar-refractivity contribution in [2.24, 2.45) is 0 Å². The summed E-state index contributed by atoms with van der Waals surface area (Å²) < 4.78 is 0. The van der Waals surface area contributed by atoms with Crippen LogP contribution in [0.25, 0.3) is 89.6 Å². The van der Waals surface area contributed by atoms with Crippen molar-refractivity contribution in [1.29, 1.82) is 0 Å². The first-order valence-electron chi connectivity index (χ1n) is 28.7. The lowest BCUT2D eigenvalue weighted by molar-refractivity contribution is 0.652. The van der Waals surface area contributed by atoms with Gasteiger partial charge in [-0.25, -0.2) is 0 Å². The van der Waals surface area contributed by atoms with E-state index >= 15 is 0 Å². The van der Waals surface area contributed by atoms with Gasteiger partial charge < -0.3 is 9.80 Å². The molecule has 0 N–H and O–H groups in total. The second-order valence-electron chi connectivity index (χ2n) is 23.4. The van der Waals surface area contributed by atoms with Crippen molar-refractivity contribution >= 4 is 102 Å². The minimum Gasteiger partial charge on any atom is -0.310 e. The minimum atomic E-state index is -0.159. The van der Waals surface area contributed by atoms with Crippen molar-refractivity contribution < 1.29 is 0 Å². The summed E-state index contributed by atoms with van der Waals surface area (Å²) in [5.74, 6) is 0. The predicted molar refractivity (Wildman–Crippen MR) is 352 cm³/mol. The monoisotopic (exact) mass is 1050 g/mol. The highest BCUT2D eigenvalue weighted by molar-refractivity contribution is 5.96. The smallest absolute Gasteiger partial charge is 0.0468 e. The van der Waals surface area contributed by atoms with Crippen LogP contribution in [0.15, 0.2) is 267 Å². The zero-order valence-electron chi connectivity index (χ0n) is 46.6. The van der Waals surface area contributed by atoms with E-state index < -0.39 is 0 Å². The van der Waals surface area contributed by atoms with E-state index in [0.717, 1.165) is 45.3 Å². The molecule has 15 rings (SSSR count). The van der Waals surface area contributed by atoms with Gasteiger partial charge in [0.25, 0.3) is 0 Å². The first-order valence-corrected chi connectivity index (χ1v) is 28.7. The molecule has 0 aliphatic heterocycles. The Balaban J connectivity index is 0.677. The molecular formula is C80H60N2. The van der Waals surface area contributed by atoms with Crippen molar-refractivity contribution in [2.45, 2.75) is 38.5 Å². The van der Waals surface area contributed by atoms with E-state index in [9.17, 15) is 0 Å². The fraction of sp³-hybridized carbons (Fsp3) is 0.0750. The van der Waals surface area contributed by atoms with Crippen molar-refractivity contribution in [3.05, 3.63) is 311 Å². The lowest BCUT2D eigenvalue weighted by atomic mass is 9.79. The van der Waals surface area contributed by atoms with Crippen LogP contribution in [-0.2, 0) is 10.8 Å². The molecule has 390 valence electrons. The molecule has 0 heterocycles. The van der Waals surface area contributed by atoms with Crippen LogP contribution >= 0.6 is 0 Å². The molecule has 0 bridgehead atoms. The van der Waals surface area contributed by atoms with Gasteiger partial charge in [-0.05, 0) is 195 Å². The van der Waals surface area contributed by atoms with Gasteiger partial charge in [-0.1, -0.05) is 234 Å². The molecule has 2 nitrogen and oxygen atoms in total. The second kappa shape index (κ2) is 19.4. The molecule has 82 heavy (non-hydrogen) atoms. The Kier molecular flexibility index (Phi) is 11.6. The Labute approximate surface area is 480 Å². The van der Waals surface area contributed by atoms with Gasteiger partial charge in [-0.3, -0.25) is 0 Å². The zero-order chi connectivity index (χ0) is 55.1. The van der Waals surface area contributed by atoms with E-state index in [1.54, 1.807) is 0 Å². The Morgan fingerprint density at radius 2 is 0.476 bits per heavy atom. The van der Waals surface area contributed by atoms with Gasteiger partial charge in [0.15, 0.2) is 0 Å². The van der Waals surface area contributed by atoms with Crippen LogP contribution in [0, 0.1) is 0 Å². The van der Waals surface area contributed by atoms with E-state index in [2.05, 4.69) is 329 Å². The number of fused-ring (bicyclic) bond motifs is 10. The van der Waals surface area contributed by atoms with Crippen molar-refractivity contribution in [3.63, 3.8) is 0 Å². The highest BCUT2D eigenvalue weighted by Crippen LogP contribution is 2.56. The lowest BCUT2D eigenvalue weighted by Crippen LogP contribution is -2.17. The van der Waals surface area contributed by atoms with E-state index in [4.69, 9.17) is 0 Å². The summed E-state index contributed by atoms with van der Waals surface area (Å²) in [6.07, 6.45) is 9.04. The number of hydrogen-bond donors (Lipinski definition) is 0. The third kappa shape index (κ3) is 8.50. The average molecular weight is 1050 g/mol. The Morgan fingerprint density at radius 1 is 0.220 bits per heavy atom. The summed E-state index contributed by atoms with van der Waals surface area (Å²) in [5, 5.41) is 9.84. The first kappa shape index (κ1) is 49.1.